The fraction of sp³-hybridized carbons (Fsp3) is 0.364. The average molecular weight is 320 g/mol. The van der Waals surface area contributed by atoms with Crippen LogP contribution in [0.15, 0.2) is 24.3 Å². The van der Waals surface area contributed by atoms with Crippen LogP contribution in [0.3, 0.4) is 0 Å². The third-order valence-electron chi connectivity index (χ3n) is 2.44. The zero-order valence-electron chi connectivity index (χ0n) is 8.57. The molecule has 1 rings (SSSR count). The van der Waals surface area contributed by atoms with Gasteiger partial charge < -0.3 is 10.2 Å². The van der Waals surface area contributed by atoms with E-state index in [-0.39, 0.29) is 0 Å². The van der Waals surface area contributed by atoms with Gasteiger partial charge in [-0.2, -0.15) is 0 Å². The van der Waals surface area contributed by atoms with Gasteiger partial charge in [0, 0.05) is 0 Å². The molecule has 0 fully saturated rings. The largest absolute Gasteiger partial charge is 0.481 e. The van der Waals surface area contributed by atoms with Gasteiger partial charge in [0.05, 0.1) is 5.41 Å². The van der Waals surface area contributed by atoms with Crippen molar-refractivity contribution in [2.24, 2.45) is 0 Å². The fourth-order valence-corrected chi connectivity index (χ4v) is 1.60. The monoisotopic (exact) mass is 320 g/mol. The van der Waals surface area contributed by atoms with Crippen molar-refractivity contribution in [2.75, 3.05) is 0 Å². The molecule has 0 radical (unpaired) electrons. The zero-order chi connectivity index (χ0) is 11.6. The summed E-state index contributed by atoms with van der Waals surface area (Å²) < 4.78 is -0.551. The van der Waals surface area contributed by atoms with Gasteiger partial charge in [-0.3, -0.25) is 4.79 Å². The molecular weight excluding hydrogens is 307 g/mol. The Bertz CT molecular complexity index is 355. The number of hydrogen-bond acceptors (Lipinski definition) is 2. The number of alkyl halides is 1. The third kappa shape index (κ3) is 2.69. The molecule has 0 saturated heterocycles. The topological polar surface area (TPSA) is 57.5 Å². The summed E-state index contributed by atoms with van der Waals surface area (Å²) in [5, 5.41) is 18.3. The molecule has 0 aromatic heterocycles. The highest BCUT2D eigenvalue weighted by Gasteiger charge is 2.29. The van der Waals surface area contributed by atoms with Gasteiger partial charge in [-0.25, -0.2) is 0 Å². The Morgan fingerprint density at radius 2 is 1.80 bits per heavy atom. The molecule has 0 amide bonds. The lowest BCUT2D eigenvalue weighted by molar-refractivity contribution is -0.142. The van der Waals surface area contributed by atoms with Crippen LogP contribution in [0.5, 0.6) is 0 Å². The molecule has 1 unspecified atom stereocenters. The number of rotatable bonds is 3. The predicted octanol–water partition coefficient (Wildman–Crippen LogP) is 2.47. The number of hydrogen-bond donors (Lipinski definition) is 2. The van der Waals surface area contributed by atoms with Gasteiger partial charge in [0.25, 0.3) is 0 Å². The lowest BCUT2D eigenvalue weighted by Gasteiger charge is -2.20. The summed E-state index contributed by atoms with van der Waals surface area (Å²) in [4.78, 5) is 11.0. The van der Waals surface area contributed by atoms with E-state index in [1.165, 1.54) is 0 Å². The molecule has 2 N–H and O–H groups in total. The Balaban J connectivity index is 3.04. The van der Waals surface area contributed by atoms with Gasteiger partial charge in [0.15, 0.2) is 0 Å². The maximum absolute atomic E-state index is 11.0. The molecule has 0 aliphatic carbocycles. The second kappa shape index (κ2) is 4.49. The number of carboxylic acids is 1. The van der Waals surface area contributed by atoms with Crippen LogP contribution in [-0.4, -0.2) is 16.2 Å². The second-order valence-electron chi connectivity index (χ2n) is 3.89. The summed E-state index contributed by atoms with van der Waals surface area (Å²) in [6, 6.07) is 6.98. The van der Waals surface area contributed by atoms with Crippen molar-refractivity contribution in [3.05, 3.63) is 35.4 Å². The highest BCUT2D eigenvalue weighted by Crippen LogP contribution is 2.26. The molecule has 0 heterocycles. The molecule has 0 saturated carbocycles. The molecule has 1 atom stereocenters. The van der Waals surface area contributed by atoms with Crippen molar-refractivity contribution in [1.82, 2.24) is 0 Å². The Morgan fingerprint density at radius 1 is 1.33 bits per heavy atom. The van der Waals surface area contributed by atoms with Gasteiger partial charge in [-0.15, -0.1) is 0 Å². The molecule has 82 valence electrons. The molecule has 1 aromatic rings. The fourth-order valence-electron chi connectivity index (χ4n) is 1.18. The molecule has 3 nitrogen and oxygen atoms in total. The van der Waals surface area contributed by atoms with E-state index in [9.17, 15) is 9.90 Å². The van der Waals surface area contributed by atoms with Crippen molar-refractivity contribution in [1.29, 1.82) is 0 Å². The van der Waals surface area contributed by atoms with E-state index in [4.69, 9.17) is 5.11 Å². The number of benzene rings is 1. The summed E-state index contributed by atoms with van der Waals surface area (Å²) in [5.74, 6) is -0.856. The average Bonchev–Trinajstić information content (AvgIpc) is 2.17. The number of aliphatic hydroxyl groups is 1. The van der Waals surface area contributed by atoms with Crippen LogP contribution < -0.4 is 0 Å². The molecule has 1 aromatic carbocycles. The highest BCUT2D eigenvalue weighted by molar-refractivity contribution is 14.1. The van der Waals surface area contributed by atoms with E-state index in [0.29, 0.717) is 0 Å². The van der Waals surface area contributed by atoms with E-state index < -0.39 is 15.5 Å². The van der Waals surface area contributed by atoms with Gasteiger partial charge in [0.1, 0.15) is 4.11 Å². The first-order chi connectivity index (χ1) is 6.85. The second-order valence-corrected chi connectivity index (χ2v) is 5.07. The zero-order valence-corrected chi connectivity index (χ0v) is 10.7. The van der Waals surface area contributed by atoms with Gasteiger partial charge >= 0.3 is 5.97 Å². The predicted molar refractivity (Wildman–Crippen MR) is 66.1 cm³/mol. The quantitative estimate of drug-likeness (QED) is 0.664. The van der Waals surface area contributed by atoms with E-state index in [0.717, 1.165) is 11.1 Å². The van der Waals surface area contributed by atoms with E-state index in [1.807, 2.05) is 22.6 Å². The number of halogens is 1. The number of carboxylic acid groups (broad SMARTS) is 1. The Labute approximate surface area is 102 Å². The molecule has 15 heavy (non-hydrogen) atoms. The minimum atomic E-state index is -0.894. The van der Waals surface area contributed by atoms with E-state index >= 15 is 0 Å². The lowest BCUT2D eigenvalue weighted by Crippen LogP contribution is -2.28. The Hall–Kier alpha value is -0.620. The summed E-state index contributed by atoms with van der Waals surface area (Å²) in [6.45, 7) is 3.32. The first kappa shape index (κ1) is 12.4. The van der Waals surface area contributed by atoms with Crippen molar-refractivity contribution in [2.45, 2.75) is 23.4 Å². The van der Waals surface area contributed by atoms with Crippen LogP contribution in [0.4, 0.5) is 0 Å². The number of aliphatic carboxylic acids is 1. The minimum absolute atomic E-state index is 0.551. The van der Waals surface area contributed by atoms with Crippen LogP contribution in [-0.2, 0) is 10.2 Å². The van der Waals surface area contributed by atoms with Crippen molar-refractivity contribution < 1.29 is 15.0 Å². The van der Waals surface area contributed by atoms with Crippen molar-refractivity contribution in [3.8, 4) is 0 Å². The summed E-state index contributed by atoms with van der Waals surface area (Å²) in [5.41, 5.74) is 0.616. The summed E-state index contributed by atoms with van der Waals surface area (Å²) in [7, 11) is 0. The van der Waals surface area contributed by atoms with Gasteiger partial charge in [0.2, 0.25) is 0 Å². The molecule has 4 heteroatoms. The van der Waals surface area contributed by atoms with Crippen LogP contribution >= 0.6 is 22.6 Å². The maximum Gasteiger partial charge on any atom is 0.313 e. The molecule has 0 spiro atoms. The standard InChI is InChI=1S/C11H13IO3/c1-11(2,10(14)15)8-5-3-7(4-6-8)9(12)13/h3-6,9,13H,1-2H3,(H,14,15). The van der Waals surface area contributed by atoms with E-state index in [2.05, 4.69) is 0 Å². The molecule has 0 bridgehead atoms. The molecule has 0 aliphatic heterocycles. The minimum Gasteiger partial charge on any atom is -0.481 e. The van der Waals surface area contributed by atoms with Crippen molar-refractivity contribution >= 4 is 28.6 Å². The Kier molecular flexibility index (Phi) is 3.72. The van der Waals surface area contributed by atoms with Gasteiger partial charge in [-0.1, -0.05) is 24.3 Å². The summed E-state index contributed by atoms with van der Waals surface area (Å²) >= 11 is 1.89. The first-order valence-corrected chi connectivity index (χ1v) is 5.76. The molecule has 0 aliphatic rings. The third-order valence-corrected chi connectivity index (χ3v) is 3.16. The maximum atomic E-state index is 11.0. The highest BCUT2D eigenvalue weighted by atomic mass is 127. The van der Waals surface area contributed by atoms with Crippen LogP contribution in [0.25, 0.3) is 0 Å². The number of carbonyl (C=O) groups is 1. The van der Waals surface area contributed by atoms with Crippen LogP contribution in [0.1, 0.15) is 29.1 Å². The lowest BCUT2D eigenvalue weighted by atomic mass is 9.84. The SMILES string of the molecule is CC(C)(C(=O)O)c1ccc(C(O)I)cc1. The van der Waals surface area contributed by atoms with Crippen LogP contribution in [0, 0.1) is 0 Å². The summed E-state index contributed by atoms with van der Waals surface area (Å²) in [6.07, 6.45) is 0. The van der Waals surface area contributed by atoms with Gasteiger partial charge in [-0.05, 0) is 47.6 Å². The smallest absolute Gasteiger partial charge is 0.313 e. The molecular formula is C11H13IO3. The van der Waals surface area contributed by atoms with Crippen molar-refractivity contribution in [3.63, 3.8) is 0 Å². The number of aliphatic hydroxyl groups excluding tert-OH is 1. The van der Waals surface area contributed by atoms with E-state index in [1.54, 1.807) is 38.1 Å². The normalized spacial score (nSPS) is 13.6. The first-order valence-electron chi connectivity index (χ1n) is 4.51. The Morgan fingerprint density at radius 3 is 2.13 bits per heavy atom. The van der Waals surface area contributed by atoms with Crippen LogP contribution in [0.2, 0.25) is 0 Å².